The predicted molar refractivity (Wildman–Crippen MR) is 92.3 cm³/mol. The van der Waals surface area contributed by atoms with Gasteiger partial charge in [0.05, 0.1) is 31.9 Å². The first kappa shape index (κ1) is 23.3. The monoisotopic (exact) mass is 403 g/mol. The van der Waals surface area contributed by atoms with E-state index >= 15 is 0 Å². The number of aromatic nitrogens is 2. The molecule has 0 spiro atoms. The fourth-order valence-corrected chi connectivity index (χ4v) is 1.95. The molecule has 1 saturated heterocycles. The van der Waals surface area contributed by atoms with Crippen LogP contribution in [0.4, 0.5) is 4.79 Å². The number of amides is 2. The van der Waals surface area contributed by atoms with Crippen LogP contribution in [0.2, 0.25) is 0 Å². The van der Waals surface area contributed by atoms with Crippen molar-refractivity contribution in [3.63, 3.8) is 0 Å². The number of nitrogens with zero attached hydrogens (tertiary/aromatic N) is 2. The number of hydrogen-bond acceptors (Lipinski definition) is 9. The van der Waals surface area contributed by atoms with E-state index in [9.17, 15) is 19.5 Å². The highest BCUT2D eigenvalue weighted by molar-refractivity contribution is 5.82. The smallest absolute Gasteiger partial charge is 0.328 e. The van der Waals surface area contributed by atoms with Crippen molar-refractivity contribution in [2.24, 2.45) is 0 Å². The molecule has 0 saturated carbocycles. The summed E-state index contributed by atoms with van der Waals surface area (Å²) in [5.41, 5.74) is 0. The van der Waals surface area contributed by atoms with Crippen LogP contribution in [0.5, 0.6) is 0 Å². The third-order valence-electron chi connectivity index (χ3n) is 3.45. The van der Waals surface area contributed by atoms with Gasteiger partial charge in [-0.15, -0.1) is 0 Å². The number of nitrogens with one attached hydrogen (secondary N) is 3. The summed E-state index contributed by atoms with van der Waals surface area (Å²) in [6.07, 6.45) is -1.01. The molecule has 2 amide bonds. The Morgan fingerprint density at radius 2 is 2.04 bits per heavy atom. The van der Waals surface area contributed by atoms with Crippen LogP contribution in [-0.4, -0.2) is 75.3 Å². The van der Waals surface area contributed by atoms with E-state index in [1.54, 1.807) is 6.92 Å². The number of urea groups is 1. The number of aliphatic hydroxyl groups excluding tert-OH is 1. The Balaban J connectivity index is 0.000000696. The Bertz CT molecular complexity index is 644. The van der Waals surface area contributed by atoms with E-state index in [4.69, 9.17) is 19.5 Å². The molecule has 0 aromatic carbocycles. The lowest BCUT2D eigenvalue weighted by Crippen LogP contribution is -2.51. The van der Waals surface area contributed by atoms with Gasteiger partial charge in [-0.3, -0.25) is 4.79 Å². The van der Waals surface area contributed by atoms with E-state index in [1.807, 2.05) is 0 Å². The number of carbonyl (C=O) groups excluding carboxylic acids is 1. The summed E-state index contributed by atoms with van der Waals surface area (Å²) >= 11 is 0. The van der Waals surface area contributed by atoms with Gasteiger partial charge in [0.1, 0.15) is 0 Å². The molecule has 3 unspecified atom stereocenters. The van der Waals surface area contributed by atoms with Gasteiger partial charge >= 0.3 is 18.0 Å². The molecule has 28 heavy (non-hydrogen) atoms. The van der Waals surface area contributed by atoms with Crippen molar-refractivity contribution >= 4 is 18.0 Å². The number of morpholine rings is 1. The molecule has 1 aliphatic rings. The Morgan fingerprint density at radius 1 is 1.36 bits per heavy atom. The minimum atomic E-state index is -1.41. The lowest BCUT2D eigenvalue weighted by molar-refractivity contribution is -0.141. The van der Waals surface area contributed by atoms with E-state index in [1.165, 1.54) is 6.92 Å². The zero-order valence-electron chi connectivity index (χ0n) is 15.5. The van der Waals surface area contributed by atoms with Gasteiger partial charge in [-0.25, -0.2) is 9.59 Å². The highest BCUT2D eigenvalue weighted by atomic mass is 16.5. The average molecular weight is 403 g/mol. The number of ether oxygens (including phenoxy) is 1. The van der Waals surface area contributed by atoms with Crippen LogP contribution in [0.3, 0.4) is 0 Å². The van der Waals surface area contributed by atoms with Crippen LogP contribution in [-0.2, 0) is 20.9 Å². The second-order valence-corrected chi connectivity index (χ2v) is 5.76. The van der Waals surface area contributed by atoms with Crippen LogP contribution in [0, 0.1) is 0 Å². The standard InChI is InChI=1S/C12H19N5O6.C3H6O2/c1-6(18)9(11(19)20)16-12(21)14-4-8-15-10(17-23-8)7-5-22-3-2-13-7;1-2-3(4)5/h6-7,9,13,18H,2-5H2,1H3,(H,19,20)(H2,14,16,21);2H2,1H3,(H,4,5). The van der Waals surface area contributed by atoms with Gasteiger partial charge in [-0.2, -0.15) is 4.98 Å². The maximum Gasteiger partial charge on any atom is 0.328 e. The molecule has 13 heteroatoms. The molecule has 0 radical (unpaired) electrons. The van der Waals surface area contributed by atoms with Crippen molar-refractivity contribution in [1.82, 2.24) is 26.1 Å². The summed E-state index contributed by atoms with van der Waals surface area (Å²) in [6, 6.07) is -2.34. The minimum Gasteiger partial charge on any atom is -0.481 e. The predicted octanol–water partition coefficient (Wildman–Crippen LogP) is -1.16. The summed E-state index contributed by atoms with van der Waals surface area (Å²) in [6.45, 7) is 4.53. The van der Waals surface area contributed by atoms with Gasteiger partial charge in [0.15, 0.2) is 11.9 Å². The van der Waals surface area contributed by atoms with Crippen LogP contribution in [0.15, 0.2) is 4.52 Å². The van der Waals surface area contributed by atoms with Crippen LogP contribution < -0.4 is 16.0 Å². The second kappa shape index (κ2) is 11.8. The van der Waals surface area contributed by atoms with Crippen molar-refractivity contribution in [1.29, 1.82) is 0 Å². The molecule has 1 aliphatic heterocycles. The van der Waals surface area contributed by atoms with Gasteiger partial charge in [-0.05, 0) is 6.92 Å². The first-order valence-corrected chi connectivity index (χ1v) is 8.55. The third kappa shape index (κ3) is 8.28. The lowest BCUT2D eigenvalue weighted by atomic mass is 10.2. The first-order valence-electron chi connectivity index (χ1n) is 8.55. The molecular formula is C15H25N5O8. The molecule has 0 aliphatic carbocycles. The maximum atomic E-state index is 11.6. The van der Waals surface area contributed by atoms with E-state index in [-0.39, 0.29) is 24.9 Å². The molecule has 3 atom stereocenters. The van der Waals surface area contributed by atoms with Gasteiger partial charge in [-0.1, -0.05) is 12.1 Å². The summed E-state index contributed by atoms with van der Waals surface area (Å²) in [5, 5.41) is 37.3. The van der Waals surface area contributed by atoms with Gasteiger partial charge < -0.3 is 40.5 Å². The SMILES string of the molecule is CC(O)C(NC(=O)NCc1nc(C2COCCN2)no1)C(=O)O.CCC(=O)O. The fourth-order valence-electron chi connectivity index (χ4n) is 1.95. The molecule has 158 valence electrons. The van der Waals surface area contributed by atoms with Crippen LogP contribution in [0.25, 0.3) is 0 Å². The summed E-state index contributed by atoms with van der Waals surface area (Å²) in [4.78, 5) is 36.0. The highest BCUT2D eigenvalue weighted by Crippen LogP contribution is 2.12. The van der Waals surface area contributed by atoms with Gasteiger partial charge in [0.2, 0.25) is 5.89 Å². The van der Waals surface area contributed by atoms with Crippen LogP contribution >= 0.6 is 0 Å². The Labute approximate surface area is 160 Å². The topological polar surface area (TPSA) is 196 Å². The van der Waals surface area contributed by atoms with Crippen molar-refractivity contribution in [2.75, 3.05) is 19.8 Å². The van der Waals surface area contributed by atoms with Gasteiger partial charge in [0, 0.05) is 13.0 Å². The van der Waals surface area contributed by atoms with Crippen molar-refractivity contribution in [3.8, 4) is 0 Å². The number of carboxylic acid groups (broad SMARTS) is 2. The number of rotatable bonds is 7. The molecule has 1 fully saturated rings. The molecule has 13 nitrogen and oxygen atoms in total. The Morgan fingerprint density at radius 3 is 2.54 bits per heavy atom. The van der Waals surface area contributed by atoms with E-state index in [0.29, 0.717) is 25.6 Å². The van der Waals surface area contributed by atoms with E-state index in [2.05, 4.69) is 26.1 Å². The quantitative estimate of drug-likeness (QED) is 0.321. The lowest BCUT2D eigenvalue weighted by Gasteiger charge is -2.20. The Hall–Kier alpha value is -2.77. The minimum absolute atomic E-state index is 0.0709. The molecule has 0 bridgehead atoms. The normalized spacial score (nSPS) is 18.2. The fraction of sp³-hybridized carbons (Fsp3) is 0.667. The highest BCUT2D eigenvalue weighted by Gasteiger charge is 2.25. The molecule has 6 N–H and O–H groups in total. The zero-order valence-corrected chi connectivity index (χ0v) is 15.5. The third-order valence-corrected chi connectivity index (χ3v) is 3.45. The van der Waals surface area contributed by atoms with Crippen molar-refractivity contribution in [2.45, 2.75) is 45.0 Å². The number of carboxylic acids is 2. The maximum absolute atomic E-state index is 11.6. The summed E-state index contributed by atoms with van der Waals surface area (Å²) < 4.78 is 10.3. The molecule has 2 heterocycles. The van der Waals surface area contributed by atoms with E-state index < -0.39 is 30.1 Å². The zero-order chi connectivity index (χ0) is 21.1. The molecule has 2 rings (SSSR count). The molecule has 1 aromatic heterocycles. The number of hydrogen-bond donors (Lipinski definition) is 6. The molecule has 1 aromatic rings. The van der Waals surface area contributed by atoms with Crippen molar-refractivity contribution < 1.29 is 39.0 Å². The Kier molecular flexibility index (Phi) is 9.84. The number of aliphatic hydroxyl groups is 1. The number of carbonyl (C=O) groups is 3. The number of aliphatic carboxylic acids is 2. The summed E-state index contributed by atoms with van der Waals surface area (Å²) in [7, 11) is 0. The summed E-state index contributed by atoms with van der Waals surface area (Å²) in [5.74, 6) is -1.48. The van der Waals surface area contributed by atoms with E-state index in [0.717, 1.165) is 0 Å². The average Bonchev–Trinajstić information content (AvgIpc) is 3.14. The molecular weight excluding hydrogens is 378 g/mol. The first-order chi connectivity index (χ1) is 13.2. The van der Waals surface area contributed by atoms with Gasteiger partial charge in [0.25, 0.3) is 0 Å². The van der Waals surface area contributed by atoms with Crippen LogP contribution in [0.1, 0.15) is 38.0 Å². The van der Waals surface area contributed by atoms with Crippen molar-refractivity contribution in [3.05, 3.63) is 11.7 Å². The largest absolute Gasteiger partial charge is 0.481 e. The second-order valence-electron chi connectivity index (χ2n) is 5.76.